The number of hydrogen-bond donors (Lipinski definition) is 0. The van der Waals surface area contributed by atoms with Gasteiger partial charge in [-0.3, -0.25) is 4.79 Å². The topological polar surface area (TPSA) is 55.3 Å². The molecule has 0 N–H and O–H groups in total. The number of aryl methyl sites for hydroxylation is 2. The van der Waals surface area contributed by atoms with E-state index in [0.717, 1.165) is 31.6 Å². The molecule has 4 rings (SSSR count). The summed E-state index contributed by atoms with van der Waals surface area (Å²) in [5.41, 5.74) is 2.62. The molecule has 0 radical (unpaired) electrons. The number of fused-ring (bicyclic) bond motifs is 1. The maximum absolute atomic E-state index is 12.8. The molecule has 0 bridgehead atoms. The van der Waals surface area contributed by atoms with E-state index < -0.39 is 0 Å². The zero-order valence-corrected chi connectivity index (χ0v) is 15.4. The van der Waals surface area contributed by atoms with Crippen molar-refractivity contribution in [1.29, 1.82) is 0 Å². The van der Waals surface area contributed by atoms with E-state index in [1.807, 2.05) is 36.9 Å². The van der Waals surface area contributed by atoms with Gasteiger partial charge in [0.05, 0.1) is 24.0 Å². The second kappa shape index (κ2) is 7.16. The number of hydrogen-bond acceptors (Lipinski definition) is 4. The molecule has 1 aromatic carbocycles. The Morgan fingerprint density at radius 2 is 1.85 bits per heavy atom. The molecule has 136 valence electrons. The predicted molar refractivity (Wildman–Crippen MR) is 98.6 cm³/mol. The van der Waals surface area contributed by atoms with Crippen LogP contribution in [0.1, 0.15) is 40.3 Å². The average molecular weight is 351 g/mol. The van der Waals surface area contributed by atoms with E-state index in [9.17, 15) is 4.79 Å². The quantitative estimate of drug-likeness (QED) is 0.849. The lowest BCUT2D eigenvalue weighted by atomic mass is 10.0. The molecule has 1 aliphatic carbocycles. The molecule has 0 spiro atoms. The molecule has 1 saturated heterocycles. The van der Waals surface area contributed by atoms with Crippen molar-refractivity contribution in [2.75, 3.05) is 13.1 Å². The summed E-state index contributed by atoms with van der Waals surface area (Å²) in [5.74, 6) is 1.87. The van der Waals surface area contributed by atoms with Crippen LogP contribution in [0.3, 0.4) is 0 Å². The minimum absolute atomic E-state index is 0.0682. The molecule has 2 aliphatic rings. The summed E-state index contributed by atoms with van der Waals surface area (Å²) in [6, 6.07) is 10.3. The SMILES string of the molecule is Cc1ncc(C(=O)N2C[C@H]3CC(OCc4ccccc4)C[C@H]3C2)c(C)n1. The van der Waals surface area contributed by atoms with Crippen LogP contribution in [0.5, 0.6) is 0 Å². The molecule has 26 heavy (non-hydrogen) atoms. The van der Waals surface area contributed by atoms with Crippen molar-refractivity contribution in [3.05, 3.63) is 59.2 Å². The summed E-state index contributed by atoms with van der Waals surface area (Å²) < 4.78 is 6.11. The molecule has 5 nitrogen and oxygen atoms in total. The van der Waals surface area contributed by atoms with Crippen LogP contribution >= 0.6 is 0 Å². The highest BCUT2D eigenvalue weighted by molar-refractivity contribution is 5.95. The maximum atomic E-state index is 12.8. The van der Waals surface area contributed by atoms with Gasteiger partial charge in [0.2, 0.25) is 0 Å². The molecule has 1 aliphatic heterocycles. The van der Waals surface area contributed by atoms with Crippen molar-refractivity contribution >= 4 is 5.91 Å². The Balaban J connectivity index is 1.32. The Morgan fingerprint density at radius 3 is 2.50 bits per heavy atom. The lowest BCUT2D eigenvalue weighted by Gasteiger charge is -2.20. The van der Waals surface area contributed by atoms with Gasteiger partial charge in [0.1, 0.15) is 5.82 Å². The smallest absolute Gasteiger partial charge is 0.257 e. The van der Waals surface area contributed by atoms with Gasteiger partial charge in [0, 0.05) is 19.3 Å². The number of likely N-dealkylation sites (tertiary alicyclic amines) is 1. The van der Waals surface area contributed by atoms with Crippen LogP contribution in [0.15, 0.2) is 36.5 Å². The Kier molecular flexibility index (Phi) is 4.72. The molecule has 1 aromatic heterocycles. The van der Waals surface area contributed by atoms with Crippen molar-refractivity contribution in [3.8, 4) is 0 Å². The molecule has 1 saturated carbocycles. The minimum atomic E-state index is 0.0682. The van der Waals surface area contributed by atoms with Crippen LogP contribution in [-0.2, 0) is 11.3 Å². The van der Waals surface area contributed by atoms with Crippen LogP contribution < -0.4 is 0 Å². The summed E-state index contributed by atoms with van der Waals surface area (Å²) >= 11 is 0. The van der Waals surface area contributed by atoms with Crippen molar-refractivity contribution < 1.29 is 9.53 Å². The molecule has 5 heteroatoms. The van der Waals surface area contributed by atoms with E-state index in [4.69, 9.17) is 4.74 Å². The van der Waals surface area contributed by atoms with E-state index in [-0.39, 0.29) is 5.91 Å². The van der Waals surface area contributed by atoms with Crippen LogP contribution in [0.4, 0.5) is 0 Å². The summed E-state index contributed by atoms with van der Waals surface area (Å²) in [7, 11) is 0. The van der Waals surface area contributed by atoms with E-state index in [2.05, 4.69) is 22.1 Å². The van der Waals surface area contributed by atoms with Gasteiger partial charge in [-0.1, -0.05) is 30.3 Å². The van der Waals surface area contributed by atoms with Gasteiger partial charge in [-0.05, 0) is 44.1 Å². The van der Waals surface area contributed by atoms with Crippen LogP contribution in [0.25, 0.3) is 0 Å². The van der Waals surface area contributed by atoms with Crippen molar-refractivity contribution in [1.82, 2.24) is 14.9 Å². The summed E-state index contributed by atoms with van der Waals surface area (Å²) in [6.07, 6.45) is 4.07. The molecule has 2 fully saturated rings. The van der Waals surface area contributed by atoms with E-state index in [0.29, 0.717) is 35.9 Å². The lowest BCUT2D eigenvalue weighted by Crippen LogP contribution is -2.31. The Hall–Kier alpha value is -2.27. The standard InChI is InChI=1S/C21H25N3O2/c1-14-20(10-22-15(2)23-14)21(25)24-11-17-8-19(9-18(17)12-24)26-13-16-6-4-3-5-7-16/h3-7,10,17-19H,8-9,11-13H2,1-2H3/t17-,18+,19?. The Morgan fingerprint density at radius 1 is 1.15 bits per heavy atom. The third-order valence-electron chi connectivity index (χ3n) is 5.65. The fourth-order valence-corrected chi connectivity index (χ4v) is 4.30. The zero-order chi connectivity index (χ0) is 18.1. The number of aromatic nitrogens is 2. The largest absolute Gasteiger partial charge is 0.374 e. The highest BCUT2D eigenvalue weighted by Gasteiger charge is 2.43. The van der Waals surface area contributed by atoms with Gasteiger partial charge >= 0.3 is 0 Å². The number of nitrogens with zero attached hydrogens (tertiary/aromatic N) is 3. The Bertz CT molecular complexity index is 779. The molecule has 1 unspecified atom stereocenters. The fraction of sp³-hybridized carbons (Fsp3) is 0.476. The minimum Gasteiger partial charge on any atom is -0.374 e. The third-order valence-corrected chi connectivity index (χ3v) is 5.65. The van der Waals surface area contributed by atoms with Gasteiger partial charge in [0.15, 0.2) is 0 Å². The summed E-state index contributed by atoms with van der Waals surface area (Å²) in [4.78, 5) is 23.3. The zero-order valence-electron chi connectivity index (χ0n) is 15.4. The van der Waals surface area contributed by atoms with Gasteiger partial charge < -0.3 is 9.64 Å². The first-order chi connectivity index (χ1) is 12.6. The number of benzene rings is 1. The van der Waals surface area contributed by atoms with Gasteiger partial charge in [-0.25, -0.2) is 9.97 Å². The highest BCUT2D eigenvalue weighted by Crippen LogP contribution is 2.40. The van der Waals surface area contributed by atoms with Gasteiger partial charge in [0.25, 0.3) is 5.91 Å². The average Bonchev–Trinajstić information content (AvgIpc) is 3.19. The lowest BCUT2D eigenvalue weighted by molar-refractivity contribution is 0.0367. The normalized spacial score (nSPS) is 24.7. The highest BCUT2D eigenvalue weighted by atomic mass is 16.5. The molecular weight excluding hydrogens is 326 g/mol. The second-order valence-electron chi connectivity index (χ2n) is 7.54. The number of rotatable bonds is 4. The van der Waals surface area contributed by atoms with E-state index in [1.54, 1.807) is 6.20 Å². The van der Waals surface area contributed by atoms with Crippen LogP contribution in [0, 0.1) is 25.7 Å². The van der Waals surface area contributed by atoms with Gasteiger partial charge in [-0.15, -0.1) is 0 Å². The first-order valence-corrected chi connectivity index (χ1v) is 9.35. The molecule has 2 aromatic rings. The Labute approximate surface area is 154 Å². The van der Waals surface area contributed by atoms with Crippen LogP contribution in [-0.4, -0.2) is 40.0 Å². The molecule has 2 heterocycles. The maximum Gasteiger partial charge on any atom is 0.257 e. The molecule has 1 amide bonds. The number of carbonyl (C=O) groups excluding carboxylic acids is 1. The summed E-state index contributed by atoms with van der Waals surface area (Å²) in [6.45, 7) is 6.04. The van der Waals surface area contributed by atoms with Gasteiger partial charge in [-0.2, -0.15) is 0 Å². The predicted octanol–water partition coefficient (Wildman–Crippen LogP) is 3.16. The van der Waals surface area contributed by atoms with Crippen molar-refractivity contribution in [2.24, 2.45) is 11.8 Å². The summed E-state index contributed by atoms with van der Waals surface area (Å²) in [5, 5.41) is 0. The monoisotopic (exact) mass is 351 g/mol. The van der Waals surface area contributed by atoms with Crippen LogP contribution in [0.2, 0.25) is 0 Å². The van der Waals surface area contributed by atoms with Crippen molar-refractivity contribution in [2.45, 2.75) is 39.4 Å². The van der Waals surface area contributed by atoms with Crippen molar-refractivity contribution in [3.63, 3.8) is 0 Å². The first kappa shape index (κ1) is 17.2. The number of carbonyl (C=O) groups is 1. The van der Waals surface area contributed by atoms with E-state index >= 15 is 0 Å². The number of amides is 1. The molecular formula is C21H25N3O2. The third kappa shape index (κ3) is 3.49. The van der Waals surface area contributed by atoms with E-state index in [1.165, 1.54) is 5.56 Å². The number of ether oxygens (including phenoxy) is 1. The first-order valence-electron chi connectivity index (χ1n) is 9.35. The fourth-order valence-electron chi connectivity index (χ4n) is 4.30. The molecule has 3 atom stereocenters. The second-order valence-corrected chi connectivity index (χ2v) is 7.54.